The molecule has 0 spiro atoms. The predicted octanol–water partition coefficient (Wildman–Crippen LogP) is -0.0746. The summed E-state index contributed by atoms with van der Waals surface area (Å²) in [6.45, 7) is 4.00. The van der Waals surface area contributed by atoms with Crippen LogP contribution >= 0.6 is 0 Å². The van der Waals surface area contributed by atoms with Gasteiger partial charge in [0.25, 0.3) is 0 Å². The highest BCUT2D eigenvalue weighted by molar-refractivity contribution is 7.91. The van der Waals surface area contributed by atoms with Crippen LogP contribution in [0.5, 0.6) is 0 Å². The zero-order valence-corrected chi connectivity index (χ0v) is 11.6. The van der Waals surface area contributed by atoms with Gasteiger partial charge < -0.3 is 10.6 Å². The summed E-state index contributed by atoms with van der Waals surface area (Å²) in [4.78, 5) is 12.0. The highest BCUT2D eigenvalue weighted by Gasteiger charge is 2.34. The summed E-state index contributed by atoms with van der Waals surface area (Å²) in [6.07, 6.45) is 2.74. The van der Waals surface area contributed by atoms with Crippen molar-refractivity contribution in [3.05, 3.63) is 0 Å². The average Bonchev–Trinajstić information content (AvgIpc) is 2.71. The molecule has 0 saturated carbocycles. The second kappa shape index (κ2) is 5.57. The maximum absolute atomic E-state index is 12.0. The molecular weight excluding hydrogens is 252 g/mol. The maximum Gasteiger partial charge on any atom is 0.224 e. The zero-order valence-electron chi connectivity index (χ0n) is 10.8. The molecule has 0 bridgehead atoms. The number of sulfone groups is 1. The average molecular weight is 274 g/mol. The fourth-order valence-electron chi connectivity index (χ4n) is 2.77. The molecule has 1 amide bonds. The fraction of sp³-hybridized carbons (Fsp3) is 0.917. The fourth-order valence-corrected chi connectivity index (χ4v) is 4.51. The molecule has 2 saturated heterocycles. The summed E-state index contributed by atoms with van der Waals surface area (Å²) < 4.78 is 22.7. The molecule has 5 nitrogen and oxygen atoms in total. The van der Waals surface area contributed by atoms with Crippen molar-refractivity contribution >= 4 is 15.7 Å². The van der Waals surface area contributed by atoms with Crippen molar-refractivity contribution in [3.63, 3.8) is 0 Å². The van der Waals surface area contributed by atoms with Crippen molar-refractivity contribution < 1.29 is 13.2 Å². The van der Waals surface area contributed by atoms with Gasteiger partial charge in [-0.1, -0.05) is 0 Å². The molecule has 2 aliphatic rings. The molecule has 0 aromatic carbocycles. The summed E-state index contributed by atoms with van der Waals surface area (Å²) >= 11 is 0. The number of carbonyl (C=O) groups excluding carboxylic acids is 1. The first-order valence-electron chi connectivity index (χ1n) is 6.69. The van der Waals surface area contributed by atoms with E-state index in [1.54, 1.807) is 0 Å². The first-order valence-corrected chi connectivity index (χ1v) is 8.51. The van der Waals surface area contributed by atoms with E-state index >= 15 is 0 Å². The lowest BCUT2D eigenvalue weighted by Crippen LogP contribution is -2.46. The lowest BCUT2D eigenvalue weighted by molar-refractivity contribution is -0.125. The smallest absolute Gasteiger partial charge is 0.224 e. The maximum atomic E-state index is 12.0. The van der Waals surface area contributed by atoms with E-state index in [0.29, 0.717) is 12.3 Å². The predicted molar refractivity (Wildman–Crippen MR) is 70.0 cm³/mol. The molecule has 3 unspecified atom stereocenters. The first kappa shape index (κ1) is 13.8. The van der Waals surface area contributed by atoms with Gasteiger partial charge in [-0.2, -0.15) is 0 Å². The topological polar surface area (TPSA) is 75.3 Å². The second-order valence-corrected chi connectivity index (χ2v) is 7.73. The van der Waals surface area contributed by atoms with Gasteiger partial charge in [0.1, 0.15) is 0 Å². The van der Waals surface area contributed by atoms with Gasteiger partial charge in [-0.3, -0.25) is 4.79 Å². The molecule has 2 rings (SSSR count). The van der Waals surface area contributed by atoms with Gasteiger partial charge in [-0.15, -0.1) is 0 Å². The van der Waals surface area contributed by atoms with E-state index in [0.717, 1.165) is 25.9 Å². The molecule has 2 aliphatic heterocycles. The SMILES string of the molecule is CC(NC(=O)C1CCS(=O)(=O)C1)C1CCCNC1. The Morgan fingerprint density at radius 3 is 2.72 bits per heavy atom. The normalized spacial score (nSPS) is 32.9. The molecular formula is C12H22N2O3S. The van der Waals surface area contributed by atoms with Crippen molar-refractivity contribution in [2.75, 3.05) is 24.6 Å². The molecule has 0 radical (unpaired) electrons. The molecule has 0 aliphatic carbocycles. The third-order valence-electron chi connectivity index (χ3n) is 4.02. The summed E-state index contributed by atoms with van der Waals surface area (Å²) in [5, 5.41) is 6.31. The summed E-state index contributed by atoms with van der Waals surface area (Å²) in [5.41, 5.74) is 0. The van der Waals surface area contributed by atoms with E-state index in [2.05, 4.69) is 10.6 Å². The zero-order chi connectivity index (χ0) is 13.2. The second-order valence-electron chi connectivity index (χ2n) is 5.50. The highest BCUT2D eigenvalue weighted by atomic mass is 32.2. The Morgan fingerprint density at radius 2 is 2.17 bits per heavy atom. The van der Waals surface area contributed by atoms with Crippen LogP contribution in [0.1, 0.15) is 26.2 Å². The van der Waals surface area contributed by atoms with Crippen LogP contribution in [-0.2, 0) is 14.6 Å². The van der Waals surface area contributed by atoms with Gasteiger partial charge in [0.05, 0.1) is 17.4 Å². The van der Waals surface area contributed by atoms with Gasteiger partial charge >= 0.3 is 0 Å². The van der Waals surface area contributed by atoms with Crippen LogP contribution in [0.2, 0.25) is 0 Å². The van der Waals surface area contributed by atoms with E-state index in [9.17, 15) is 13.2 Å². The number of nitrogens with one attached hydrogen (secondary N) is 2. The van der Waals surface area contributed by atoms with Crippen LogP contribution in [0.3, 0.4) is 0 Å². The molecule has 18 heavy (non-hydrogen) atoms. The number of hydrogen-bond donors (Lipinski definition) is 2. The Bertz CT molecular complexity index is 402. The van der Waals surface area contributed by atoms with Gasteiger partial charge in [0.2, 0.25) is 5.91 Å². The van der Waals surface area contributed by atoms with E-state index in [1.807, 2.05) is 6.92 Å². The number of hydrogen-bond acceptors (Lipinski definition) is 4. The standard InChI is InChI=1S/C12H22N2O3S/c1-9(10-3-2-5-13-7-10)14-12(15)11-4-6-18(16,17)8-11/h9-11,13H,2-8H2,1H3,(H,14,15). The molecule has 0 aromatic rings. The van der Waals surface area contributed by atoms with Crippen molar-refractivity contribution in [2.45, 2.75) is 32.2 Å². The van der Waals surface area contributed by atoms with Crippen LogP contribution in [0.25, 0.3) is 0 Å². The number of rotatable bonds is 3. The summed E-state index contributed by atoms with van der Waals surface area (Å²) in [6, 6.07) is 0.119. The van der Waals surface area contributed by atoms with Gasteiger partial charge in [-0.25, -0.2) is 8.42 Å². The summed E-state index contributed by atoms with van der Waals surface area (Å²) in [7, 11) is -2.97. The largest absolute Gasteiger partial charge is 0.353 e. The van der Waals surface area contributed by atoms with Crippen molar-refractivity contribution in [3.8, 4) is 0 Å². The van der Waals surface area contributed by atoms with Crippen molar-refractivity contribution in [1.29, 1.82) is 0 Å². The highest BCUT2D eigenvalue weighted by Crippen LogP contribution is 2.20. The third kappa shape index (κ3) is 3.45. The lowest BCUT2D eigenvalue weighted by Gasteiger charge is -2.29. The van der Waals surface area contributed by atoms with Crippen LogP contribution in [0, 0.1) is 11.8 Å². The van der Waals surface area contributed by atoms with Crippen LogP contribution in [0.15, 0.2) is 0 Å². The summed E-state index contributed by atoms with van der Waals surface area (Å²) in [5.74, 6) is 0.211. The monoisotopic (exact) mass is 274 g/mol. The molecule has 2 heterocycles. The third-order valence-corrected chi connectivity index (χ3v) is 5.78. The quantitative estimate of drug-likeness (QED) is 0.755. The number of amides is 1. The van der Waals surface area contributed by atoms with E-state index in [1.165, 1.54) is 0 Å². The minimum absolute atomic E-state index is 0.0223. The van der Waals surface area contributed by atoms with Crippen LogP contribution in [0.4, 0.5) is 0 Å². The minimum atomic E-state index is -2.97. The first-order chi connectivity index (χ1) is 8.48. The molecule has 2 fully saturated rings. The van der Waals surface area contributed by atoms with E-state index < -0.39 is 9.84 Å². The number of piperidine rings is 1. The Labute approximate surface area is 109 Å². The molecule has 0 aromatic heterocycles. The molecule has 104 valence electrons. The van der Waals surface area contributed by atoms with Crippen molar-refractivity contribution in [1.82, 2.24) is 10.6 Å². The van der Waals surface area contributed by atoms with Gasteiger partial charge in [-0.05, 0) is 45.2 Å². The Kier molecular flexibility index (Phi) is 4.27. The Morgan fingerprint density at radius 1 is 1.39 bits per heavy atom. The number of carbonyl (C=O) groups is 1. The van der Waals surface area contributed by atoms with Gasteiger partial charge in [0.15, 0.2) is 9.84 Å². The molecule has 6 heteroatoms. The van der Waals surface area contributed by atoms with E-state index in [-0.39, 0.29) is 29.4 Å². The molecule has 2 N–H and O–H groups in total. The van der Waals surface area contributed by atoms with Crippen molar-refractivity contribution in [2.24, 2.45) is 11.8 Å². The Hall–Kier alpha value is -0.620. The van der Waals surface area contributed by atoms with Crippen LogP contribution < -0.4 is 10.6 Å². The van der Waals surface area contributed by atoms with E-state index in [4.69, 9.17) is 0 Å². The molecule has 3 atom stereocenters. The lowest BCUT2D eigenvalue weighted by atomic mass is 9.92. The minimum Gasteiger partial charge on any atom is -0.353 e. The van der Waals surface area contributed by atoms with Crippen LogP contribution in [-0.4, -0.2) is 45.0 Å². The van der Waals surface area contributed by atoms with Gasteiger partial charge in [0, 0.05) is 6.04 Å². The Balaban J connectivity index is 1.83.